The van der Waals surface area contributed by atoms with Gasteiger partial charge in [-0.25, -0.2) is 4.98 Å². The summed E-state index contributed by atoms with van der Waals surface area (Å²) in [6.07, 6.45) is 0. The fraction of sp³-hybridized carbons (Fsp3) is 0.333. The molecular formula is C15H17IN2O2S. The Morgan fingerprint density at radius 1 is 1.48 bits per heavy atom. The van der Waals surface area contributed by atoms with E-state index in [1.807, 2.05) is 43.5 Å². The van der Waals surface area contributed by atoms with E-state index in [0.717, 1.165) is 20.1 Å². The van der Waals surface area contributed by atoms with Gasteiger partial charge in [-0.2, -0.15) is 0 Å². The van der Waals surface area contributed by atoms with Crippen LogP contribution in [0.5, 0.6) is 0 Å². The molecule has 4 nitrogen and oxygen atoms in total. The van der Waals surface area contributed by atoms with Crippen LogP contribution in [0.3, 0.4) is 0 Å². The van der Waals surface area contributed by atoms with E-state index in [1.165, 1.54) is 11.3 Å². The molecule has 0 unspecified atom stereocenters. The third-order valence-corrected chi connectivity index (χ3v) is 4.43. The minimum absolute atomic E-state index is 0.254. The van der Waals surface area contributed by atoms with Crippen molar-refractivity contribution in [2.24, 2.45) is 0 Å². The van der Waals surface area contributed by atoms with Crippen molar-refractivity contribution in [3.8, 4) is 0 Å². The number of hydrogen-bond acceptors (Lipinski definition) is 5. The van der Waals surface area contributed by atoms with Gasteiger partial charge in [-0.1, -0.05) is 6.07 Å². The normalized spacial score (nSPS) is 11.2. The summed E-state index contributed by atoms with van der Waals surface area (Å²) in [7, 11) is 0. The second-order valence-electron chi connectivity index (χ2n) is 5.02. The number of rotatable bonds is 5. The smallest absolute Gasteiger partial charge is 0.317 e. The lowest BCUT2D eigenvalue weighted by Crippen LogP contribution is -2.31. The Hall–Kier alpha value is -1.15. The molecule has 0 aliphatic rings. The van der Waals surface area contributed by atoms with Crippen LogP contribution in [0.1, 0.15) is 26.5 Å². The van der Waals surface area contributed by atoms with Crippen molar-refractivity contribution in [2.75, 3.05) is 11.9 Å². The lowest BCUT2D eigenvalue weighted by atomic mass is 9.90. The van der Waals surface area contributed by atoms with E-state index in [0.29, 0.717) is 6.61 Å². The van der Waals surface area contributed by atoms with Crippen LogP contribution in [0.25, 0.3) is 0 Å². The SMILES string of the molecule is CCOC(=O)C(C)(C)c1csc(Nc2cccc(I)c2)n1. The van der Waals surface area contributed by atoms with Crippen molar-refractivity contribution in [3.63, 3.8) is 0 Å². The number of nitrogens with one attached hydrogen (secondary N) is 1. The minimum Gasteiger partial charge on any atom is -0.465 e. The molecule has 0 amide bonds. The fourth-order valence-corrected chi connectivity index (χ4v) is 3.17. The maximum absolute atomic E-state index is 12.0. The van der Waals surface area contributed by atoms with Crippen molar-refractivity contribution >= 4 is 50.7 Å². The number of carbonyl (C=O) groups excluding carboxylic acids is 1. The maximum Gasteiger partial charge on any atom is 0.317 e. The summed E-state index contributed by atoms with van der Waals surface area (Å²) in [4.78, 5) is 16.5. The summed E-state index contributed by atoms with van der Waals surface area (Å²) in [5.41, 5.74) is 0.966. The first-order valence-corrected chi connectivity index (χ1v) is 8.55. The van der Waals surface area contributed by atoms with Gasteiger partial charge in [0.2, 0.25) is 0 Å². The second-order valence-corrected chi connectivity index (χ2v) is 7.12. The Labute approximate surface area is 142 Å². The van der Waals surface area contributed by atoms with Crippen LogP contribution in [0.15, 0.2) is 29.6 Å². The van der Waals surface area contributed by atoms with Gasteiger partial charge in [-0.15, -0.1) is 11.3 Å². The summed E-state index contributed by atoms with van der Waals surface area (Å²) < 4.78 is 6.26. The molecule has 0 atom stereocenters. The predicted octanol–water partition coefficient (Wildman–Crippen LogP) is 4.33. The summed E-state index contributed by atoms with van der Waals surface area (Å²) >= 11 is 3.75. The van der Waals surface area contributed by atoms with Crippen LogP contribution in [0, 0.1) is 3.57 Å². The predicted molar refractivity (Wildman–Crippen MR) is 94.2 cm³/mol. The Balaban J connectivity index is 2.16. The molecule has 0 spiro atoms. The van der Waals surface area contributed by atoms with Crippen molar-refractivity contribution in [1.82, 2.24) is 4.98 Å². The van der Waals surface area contributed by atoms with Gasteiger partial charge in [0.15, 0.2) is 5.13 Å². The van der Waals surface area contributed by atoms with Crippen molar-refractivity contribution < 1.29 is 9.53 Å². The van der Waals surface area contributed by atoms with Gasteiger partial charge in [0.05, 0.1) is 12.3 Å². The Kier molecular flexibility index (Phi) is 5.21. The average Bonchev–Trinajstić information content (AvgIpc) is 2.88. The van der Waals surface area contributed by atoms with E-state index in [2.05, 4.69) is 32.9 Å². The van der Waals surface area contributed by atoms with Gasteiger partial charge >= 0.3 is 5.97 Å². The molecule has 1 aromatic carbocycles. The molecule has 0 bridgehead atoms. The van der Waals surface area contributed by atoms with E-state index < -0.39 is 5.41 Å². The summed E-state index contributed by atoms with van der Waals surface area (Å²) in [5, 5.41) is 5.92. The molecule has 2 aromatic rings. The van der Waals surface area contributed by atoms with E-state index in [-0.39, 0.29) is 5.97 Å². The van der Waals surface area contributed by atoms with Gasteiger partial charge < -0.3 is 10.1 Å². The van der Waals surface area contributed by atoms with Crippen LogP contribution < -0.4 is 5.32 Å². The lowest BCUT2D eigenvalue weighted by molar-refractivity contribution is -0.148. The molecule has 0 saturated carbocycles. The van der Waals surface area contributed by atoms with Gasteiger partial charge in [-0.3, -0.25) is 4.79 Å². The van der Waals surface area contributed by atoms with Gasteiger partial charge in [0, 0.05) is 14.6 Å². The largest absolute Gasteiger partial charge is 0.465 e. The highest BCUT2D eigenvalue weighted by atomic mass is 127. The summed E-state index contributed by atoms with van der Waals surface area (Å²) in [6.45, 7) is 5.84. The topological polar surface area (TPSA) is 51.2 Å². The monoisotopic (exact) mass is 416 g/mol. The molecule has 6 heteroatoms. The highest BCUT2D eigenvalue weighted by molar-refractivity contribution is 14.1. The lowest BCUT2D eigenvalue weighted by Gasteiger charge is -2.19. The van der Waals surface area contributed by atoms with Crippen LogP contribution in [-0.2, 0) is 14.9 Å². The molecule has 112 valence electrons. The first-order chi connectivity index (χ1) is 9.93. The van der Waals surface area contributed by atoms with Gasteiger partial charge in [-0.05, 0) is 61.6 Å². The van der Waals surface area contributed by atoms with E-state index in [1.54, 1.807) is 6.92 Å². The van der Waals surface area contributed by atoms with Crippen molar-refractivity contribution in [3.05, 3.63) is 38.9 Å². The van der Waals surface area contributed by atoms with Crippen LogP contribution in [0.4, 0.5) is 10.8 Å². The second kappa shape index (κ2) is 6.74. The number of nitrogens with zero attached hydrogens (tertiary/aromatic N) is 1. The number of hydrogen-bond donors (Lipinski definition) is 1. The molecule has 1 N–H and O–H groups in total. The Morgan fingerprint density at radius 2 is 2.24 bits per heavy atom. The zero-order valence-corrected chi connectivity index (χ0v) is 15.1. The van der Waals surface area contributed by atoms with Gasteiger partial charge in [0.1, 0.15) is 5.41 Å². The number of aromatic nitrogens is 1. The number of thiazole rings is 1. The molecular weight excluding hydrogens is 399 g/mol. The molecule has 0 radical (unpaired) electrons. The number of esters is 1. The first-order valence-electron chi connectivity index (χ1n) is 6.59. The van der Waals surface area contributed by atoms with Gasteiger partial charge in [0.25, 0.3) is 0 Å². The maximum atomic E-state index is 12.0. The fourth-order valence-electron chi connectivity index (χ4n) is 1.72. The molecule has 1 heterocycles. The van der Waals surface area contributed by atoms with Crippen molar-refractivity contribution in [1.29, 1.82) is 0 Å². The Morgan fingerprint density at radius 3 is 2.90 bits per heavy atom. The van der Waals surface area contributed by atoms with E-state index in [4.69, 9.17) is 4.74 Å². The quantitative estimate of drug-likeness (QED) is 0.583. The molecule has 0 aliphatic carbocycles. The number of halogens is 1. The van der Waals surface area contributed by atoms with E-state index in [9.17, 15) is 4.79 Å². The first kappa shape index (κ1) is 16.2. The molecule has 0 fully saturated rings. The summed E-state index contributed by atoms with van der Waals surface area (Å²) in [6, 6.07) is 8.04. The molecule has 0 aliphatic heterocycles. The number of benzene rings is 1. The Bertz CT molecular complexity index is 640. The van der Waals surface area contributed by atoms with Crippen LogP contribution >= 0.6 is 33.9 Å². The highest BCUT2D eigenvalue weighted by Crippen LogP contribution is 2.30. The van der Waals surface area contributed by atoms with Crippen LogP contribution in [-0.4, -0.2) is 17.6 Å². The average molecular weight is 416 g/mol. The third kappa shape index (κ3) is 3.94. The minimum atomic E-state index is -0.739. The molecule has 1 aromatic heterocycles. The zero-order chi connectivity index (χ0) is 15.5. The number of carbonyl (C=O) groups is 1. The number of anilines is 2. The number of ether oxygens (including phenoxy) is 1. The molecule has 2 rings (SSSR count). The standard InChI is InChI=1S/C15H17IN2O2S/c1-4-20-13(19)15(2,3)12-9-21-14(18-12)17-11-7-5-6-10(16)8-11/h5-9H,4H2,1-3H3,(H,17,18). The zero-order valence-electron chi connectivity index (χ0n) is 12.1. The molecule has 0 saturated heterocycles. The van der Waals surface area contributed by atoms with Crippen molar-refractivity contribution in [2.45, 2.75) is 26.2 Å². The highest BCUT2D eigenvalue weighted by Gasteiger charge is 2.33. The summed E-state index contributed by atoms with van der Waals surface area (Å²) in [5.74, 6) is -0.254. The van der Waals surface area contributed by atoms with E-state index >= 15 is 0 Å². The molecule has 21 heavy (non-hydrogen) atoms. The third-order valence-electron chi connectivity index (χ3n) is 3.01. The van der Waals surface area contributed by atoms with Crippen LogP contribution in [0.2, 0.25) is 0 Å².